The van der Waals surface area contributed by atoms with Gasteiger partial charge in [-0.1, -0.05) is 13.8 Å². The topological polar surface area (TPSA) is 73.9 Å². The smallest absolute Gasteiger partial charge is 0.165 e. The van der Waals surface area contributed by atoms with Crippen molar-refractivity contribution in [3.8, 4) is 5.75 Å². The van der Waals surface area contributed by atoms with Gasteiger partial charge < -0.3 is 10.5 Å². The lowest BCUT2D eigenvalue weighted by Crippen LogP contribution is -2.03. The number of nitrogens with zero attached hydrogens (tertiary/aromatic N) is 3. The van der Waals surface area contributed by atoms with Crippen LogP contribution in [0.1, 0.15) is 25.6 Å². The molecular weight excluding hydrogens is 252 g/mol. The van der Waals surface area contributed by atoms with E-state index in [9.17, 15) is 0 Å². The summed E-state index contributed by atoms with van der Waals surface area (Å²) in [4.78, 5) is 13.4. The third kappa shape index (κ3) is 2.01. The van der Waals surface area contributed by atoms with Crippen molar-refractivity contribution in [2.24, 2.45) is 0 Å². The fourth-order valence-electron chi connectivity index (χ4n) is 2.12. The molecule has 2 N–H and O–H groups in total. The molecule has 0 fully saturated rings. The van der Waals surface area contributed by atoms with Gasteiger partial charge in [0.15, 0.2) is 5.65 Å². The first-order valence-corrected chi connectivity index (χ1v) is 6.50. The molecule has 0 aliphatic carbocycles. The van der Waals surface area contributed by atoms with Crippen LogP contribution in [0.3, 0.4) is 0 Å². The molecule has 3 aromatic rings. The minimum absolute atomic E-state index is 0.218. The summed E-state index contributed by atoms with van der Waals surface area (Å²) in [5.41, 5.74) is 7.54. The lowest BCUT2D eigenvalue weighted by Gasteiger charge is -2.08. The molecule has 0 atom stereocenters. The molecule has 0 aliphatic heterocycles. The lowest BCUT2D eigenvalue weighted by atomic mass is 10.1. The second-order valence-electron chi connectivity index (χ2n) is 5.04. The molecule has 0 saturated heterocycles. The zero-order valence-corrected chi connectivity index (χ0v) is 11.7. The van der Waals surface area contributed by atoms with Crippen molar-refractivity contribution in [1.29, 1.82) is 0 Å². The van der Waals surface area contributed by atoms with Crippen LogP contribution in [0.4, 0.5) is 5.82 Å². The summed E-state index contributed by atoms with van der Waals surface area (Å²) in [6, 6.07) is 7.69. The number of hydrogen-bond donors (Lipinski definition) is 1. The maximum atomic E-state index is 6.03. The first-order valence-electron chi connectivity index (χ1n) is 6.50. The number of nitrogens with two attached hydrogens (primary N) is 1. The fraction of sp³-hybridized carbons (Fsp3) is 0.267. The molecule has 20 heavy (non-hydrogen) atoms. The SMILES string of the molecule is COc1ccc2nc3nc(C(C)C)nc(N)c3cc2c1. The van der Waals surface area contributed by atoms with Gasteiger partial charge >= 0.3 is 0 Å². The monoisotopic (exact) mass is 268 g/mol. The zero-order chi connectivity index (χ0) is 14.3. The molecule has 0 amide bonds. The van der Waals surface area contributed by atoms with Crippen molar-refractivity contribution in [3.05, 3.63) is 30.1 Å². The Labute approximate surface area is 116 Å². The van der Waals surface area contributed by atoms with E-state index in [2.05, 4.69) is 15.0 Å². The molecule has 2 aromatic heterocycles. The van der Waals surface area contributed by atoms with Crippen LogP contribution in [0.5, 0.6) is 5.75 Å². The Balaban J connectivity index is 2.32. The zero-order valence-electron chi connectivity index (χ0n) is 11.7. The molecule has 0 bridgehead atoms. The lowest BCUT2D eigenvalue weighted by molar-refractivity contribution is 0.415. The second-order valence-corrected chi connectivity index (χ2v) is 5.04. The Bertz CT molecular complexity index is 799. The van der Waals surface area contributed by atoms with Crippen molar-refractivity contribution < 1.29 is 4.74 Å². The standard InChI is InChI=1S/C15H16N4O/c1-8(2)14-18-13(16)11-7-9-6-10(20-3)4-5-12(9)17-15(11)19-14/h4-8H,1-3H3,(H2,16,17,18,19). The molecule has 0 saturated carbocycles. The van der Waals surface area contributed by atoms with Gasteiger partial charge in [-0.25, -0.2) is 15.0 Å². The van der Waals surface area contributed by atoms with Crippen LogP contribution in [0, 0.1) is 0 Å². The van der Waals surface area contributed by atoms with Crippen molar-refractivity contribution in [2.75, 3.05) is 12.8 Å². The van der Waals surface area contributed by atoms with Crippen LogP contribution in [-0.4, -0.2) is 22.1 Å². The van der Waals surface area contributed by atoms with Gasteiger partial charge in [-0.3, -0.25) is 0 Å². The second kappa shape index (κ2) is 4.59. The van der Waals surface area contributed by atoms with Gasteiger partial charge in [0.25, 0.3) is 0 Å². The molecular formula is C15H16N4O. The van der Waals surface area contributed by atoms with E-state index in [4.69, 9.17) is 10.5 Å². The first-order chi connectivity index (χ1) is 9.58. The van der Waals surface area contributed by atoms with E-state index in [1.165, 1.54) is 0 Å². The van der Waals surface area contributed by atoms with Crippen molar-refractivity contribution >= 4 is 27.8 Å². The number of nitrogen functional groups attached to an aromatic ring is 1. The molecule has 2 heterocycles. The number of benzene rings is 1. The minimum Gasteiger partial charge on any atom is -0.497 e. The number of pyridine rings is 1. The van der Waals surface area contributed by atoms with Crippen molar-refractivity contribution in [1.82, 2.24) is 15.0 Å². The first kappa shape index (κ1) is 12.6. The third-order valence-corrected chi connectivity index (χ3v) is 3.25. The Hall–Kier alpha value is -2.43. The minimum atomic E-state index is 0.218. The maximum Gasteiger partial charge on any atom is 0.165 e. The summed E-state index contributed by atoms with van der Waals surface area (Å²) in [7, 11) is 1.64. The summed E-state index contributed by atoms with van der Waals surface area (Å²) in [6.45, 7) is 4.07. The molecule has 0 spiro atoms. The van der Waals surface area contributed by atoms with Gasteiger partial charge in [0, 0.05) is 11.3 Å². The molecule has 5 nitrogen and oxygen atoms in total. The number of methoxy groups -OCH3 is 1. The molecule has 0 aliphatic rings. The molecule has 0 radical (unpaired) electrons. The van der Waals surface area contributed by atoms with Gasteiger partial charge in [-0.15, -0.1) is 0 Å². The predicted octanol–water partition coefficient (Wildman–Crippen LogP) is 2.89. The summed E-state index contributed by atoms with van der Waals surface area (Å²) in [5, 5.41) is 1.74. The Morgan fingerprint density at radius 2 is 1.90 bits per heavy atom. The molecule has 1 aromatic carbocycles. The quantitative estimate of drug-likeness (QED) is 0.723. The van der Waals surface area contributed by atoms with Gasteiger partial charge in [0.2, 0.25) is 0 Å². The molecule has 0 unspecified atom stereocenters. The van der Waals surface area contributed by atoms with E-state index in [0.717, 1.165) is 27.9 Å². The molecule has 3 rings (SSSR count). The highest BCUT2D eigenvalue weighted by molar-refractivity contribution is 5.96. The van der Waals surface area contributed by atoms with E-state index in [-0.39, 0.29) is 5.92 Å². The fourth-order valence-corrected chi connectivity index (χ4v) is 2.12. The van der Waals surface area contributed by atoms with E-state index >= 15 is 0 Å². The summed E-state index contributed by atoms with van der Waals surface area (Å²) >= 11 is 0. The third-order valence-electron chi connectivity index (χ3n) is 3.25. The summed E-state index contributed by atoms with van der Waals surface area (Å²) in [6.07, 6.45) is 0. The van der Waals surface area contributed by atoms with Crippen LogP contribution in [0.15, 0.2) is 24.3 Å². The van der Waals surface area contributed by atoms with Crippen LogP contribution < -0.4 is 10.5 Å². The summed E-state index contributed by atoms with van der Waals surface area (Å²) < 4.78 is 5.22. The summed E-state index contributed by atoms with van der Waals surface area (Å²) in [5.74, 6) is 2.19. The molecule has 102 valence electrons. The van der Waals surface area contributed by atoms with Gasteiger partial charge in [-0.2, -0.15) is 0 Å². The van der Waals surface area contributed by atoms with E-state index in [1.54, 1.807) is 7.11 Å². The number of rotatable bonds is 2. The van der Waals surface area contributed by atoms with E-state index < -0.39 is 0 Å². The highest BCUT2D eigenvalue weighted by Gasteiger charge is 2.10. The normalized spacial score (nSPS) is 11.4. The van der Waals surface area contributed by atoms with Crippen LogP contribution in [0.25, 0.3) is 21.9 Å². The number of ether oxygens (including phenoxy) is 1. The Morgan fingerprint density at radius 3 is 2.60 bits per heavy atom. The number of fused-ring (bicyclic) bond motifs is 2. The number of hydrogen-bond acceptors (Lipinski definition) is 5. The number of aromatic nitrogens is 3. The van der Waals surface area contributed by atoms with Crippen LogP contribution in [-0.2, 0) is 0 Å². The average molecular weight is 268 g/mol. The van der Waals surface area contributed by atoms with Crippen LogP contribution >= 0.6 is 0 Å². The number of anilines is 1. The predicted molar refractivity (Wildman–Crippen MR) is 79.9 cm³/mol. The molecule has 5 heteroatoms. The highest BCUT2D eigenvalue weighted by Crippen LogP contribution is 2.26. The average Bonchev–Trinajstić information content (AvgIpc) is 2.44. The van der Waals surface area contributed by atoms with Gasteiger partial charge in [0.05, 0.1) is 18.0 Å². The van der Waals surface area contributed by atoms with E-state index in [0.29, 0.717) is 11.5 Å². The van der Waals surface area contributed by atoms with E-state index in [1.807, 2.05) is 38.1 Å². The Morgan fingerprint density at radius 1 is 1.10 bits per heavy atom. The van der Waals surface area contributed by atoms with Gasteiger partial charge in [0.1, 0.15) is 17.4 Å². The Kier molecular flexibility index (Phi) is 2.89. The van der Waals surface area contributed by atoms with Crippen LogP contribution in [0.2, 0.25) is 0 Å². The largest absolute Gasteiger partial charge is 0.497 e. The maximum absolute atomic E-state index is 6.03. The van der Waals surface area contributed by atoms with Gasteiger partial charge in [-0.05, 0) is 24.3 Å². The van der Waals surface area contributed by atoms with Crippen molar-refractivity contribution in [2.45, 2.75) is 19.8 Å². The highest BCUT2D eigenvalue weighted by atomic mass is 16.5. The van der Waals surface area contributed by atoms with Crippen molar-refractivity contribution in [3.63, 3.8) is 0 Å².